The van der Waals surface area contributed by atoms with Crippen molar-refractivity contribution in [2.24, 2.45) is 0 Å². The summed E-state index contributed by atoms with van der Waals surface area (Å²) in [6.45, 7) is 0.418. The first-order chi connectivity index (χ1) is 8.63. The third-order valence-electron chi connectivity index (χ3n) is 3.29. The molecule has 0 radical (unpaired) electrons. The van der Waals surface area contributed by atoms with Crippen LogP contribution >= 0.6 is 0 Å². The highest BCUT2D eigenvalue weighted by atomic mass is 19.1. The van der Waals surface area contributed by atoms with Crippen molar-refractivity contribution in [3.8, 4) is 5.75 Å². The predicted molar refractivity (Wildman–Crippen MR) is 63.8 cm³/mol. The monoisotopic (exact) mass is 253 g/mol. The summed E-state index contributed by atoms with van der Waals surface area (Å²) in [6.07, 6.45) is 2.56. The summed E-state index contributed by atoms with van der Waals surface area (Å²) in [5, 5.41) is 18.9. The van der Waals surface area contributed by atoms with Crippen LogP contribution in [0.4, 0.5) is 4.39 Å². The van der Waals surface area contributed by atoms with Crippen LogP contribution in [-0.2, 0) is 0 Å². The smallest absolute Gasteiger partial charge is 0.258 e. The number of amides is 1. The Morgan fingerprint density at radius 1 is 1.44 bits per heavy atom. The van der Waals surface area contributed by atoms with Crippen LogP contribution in [0.5, 0.6) is 5.75 Å². The molecule has 1 aromatic carbocycles. The number of halogens is 1. The Hall–Kier alpha value is -1.62. The zero-order valence-corrected chi connectivity index (χ0v) is 9.97. The van der Waals surface area contributed by atoms with E-state index < -0.39 is 11.7 Å². The van der Waals surface area contributed by atoms with Gasteiger partial charge < -0.3 is 15.1 Å². The summed E-state index contributed by atoms with van der Waals surface area (Å²) in [5.41, 5.74) is -0.0460. The number of carbonyl (C=O) groups is 1. The van der Waals surface area contributed by atoms with E-state index in [0.717, 1.165) is 31.4 Å². The molecule has 1 amide bonds. The zero-order valence-electron chi connectivity index (χ0n) is 9.97. The summed E-state index contributed by atoms with van der Waals surface area (Å²) >= 11 is 0. The molecule has 1 aliphatic rings. The molecule has 1 heterocycles. The summed E-state index contributed by atoms with van der Waals surface area (Å²) in [7, 11) is 0. The van der Waals surface area contributed by atoms with Crippen LogP contribution in [0.3, 0.4) is 0 Å². The van der Waals surface area contributed by atoms with Gasteiger partial charge in [-0.1, -0.05) is 0 Å². The Kier molecular flexibility index (Phi) is 3.81. The largest absolute Gasteiger partial charge is 0.507 e. The molecule has 4 nitrogen and oxygen atoms in total. The third kappa shape index (κ3) is 2.46. The normalized spacial score (nSPS) is 19.9. The number of likely N-dealkylation sites (tertiary alicyclic amines) is 1. The topological polar surface area (TPSA) is 60.8 Å². The first-order valence-electron chi connectivity index (χ1n) is 6.04. The maximum atomic E-state index is 13.1. The summed E-state index contributed by atoms with van der Waals surface area (Å²) in [6, 6.07) is 3.06. The third-order valence-corrected chi connectivity index (χ3v) is 3.29. The molecule has 0 aromatic heterocycles. The molecular formula is C13H16FNO3. The molecule has 1 fully saturated rings. The fourth-order valence-electron chi connectivity index (χ4n) is 2.29. The minimum absolute atomic E-state index is 0.0460. The number of carbonyl (C=O) groups excluding carboxylic acids is 1. The van der Waals surface area contributed by atoms with Gasteiger partial charge in [-0.25, -0.2) is 4.39 Å². The number of hydrogen-bond acceptors (Lipinski definition) is 3. The molecule has 1 aliphatic heterocycles. The molecule has 0 bridgehead atoms. The Labute approximate surface area is 105 Å². The van der Waals surface area contributed by atoms with Crippen molar-refractivity contribution in [3.05, 3.63) is 29.6 Å². The number of phenols is 1. The minimum atomic E-state index is -0.561. The average molecular weight is 253 g/mol. The maximum absolute atomic E-state index is 13.1. The quantitative estimate of drug-likeness (QED) is 0.840. The standard InChI is InChI=1S/C13H16FNO3/c14-9-4-5-12(17)11(7-9)13(18)15-6-2-1-3-10(15)8-16/h4-5,7,10,16-17H,1-3,6,8H2. The van der Waals surface area contributed by atoms with E-state index in [9.17, 15) is 19.4 Å². The van der Waals surface area contributed by atoms with E-state index in [1.54, 1.807) is 0 Å². The van der Waals surface area contributed by atoms with Gasteiger partial charge in [0.2, 0.25) is 0 Å². The van der Waals surface area contributed by atoms with Gasteiger partial charge in [0.1, 0.15) is 11.6 Å². The van der Waals surface area contributed by atoms with E-state index >= 15 is 0 Å². The SMILES string of the molecule is O=C(c1cc(F)ccc1O)N1CCCCC1CO. The highest BCUT2D eigenvalue weighted by Crippen LogP contribution is 2.24. The van der Waals surface area contributed by atoms with Crippen LogP contribution in [0.25, 0.3) is 0 Å². The maximum Gasteiger partial charge on any atom is 0.258 e. The van der Waals surface area contributed by atoms with Gasteiger partial charge in [-0.3, -0.25) is 4.79 Å². The summed E-state index contributed by atoms with van der Waals surface area (Å²) in [5.74, 6) is -1.22. The van der Waals surface area contributed by atoms with Gasteiger partial charge in [0, 0.05) is 6.54 Å². The van der Waals surface area contributed by atoms with Crippen LogP contribution in [0.1, 0.15) is 29.6 Å². The van der Waals surface area contributed by atoms with Gasteiger partial charge in [-0.2, -0.15) is 0 Å². The van der Waals surface area contributed by atoms with E-state index in [4.69, 9.17) is 0 Å². The second kappa shape index (κ2) is 5.35. The van der Waals surface area contributed by atoms with Gasteiger partial charge in [0.15, 0.2) is 0 Å². The average Bonchev–Trinajstić information content (AvgIpc) is 2.40. The number of phenolic OH excluding ortho intramolecular Hbond substituents is 1. The number of nitrogens with zero attached hydrogens (tertiary/aromatic N) is 1. The molecule has 1 atom stereocenters. The van der Waals surface area contributed by atoms with E-state index in [2.05, 4.69) is 0 Å². The number of aliphatic hydroxyl groups excluding tert-OH is 1. The Morgan fingerprint density at radius 2 is 2.22 bits per heavy atom. The Morgan fingerprint density at radius 3 is 2.94 bits per heavy atom. The fraction of sp³-hybridized carbons (Fsp3) is 0.462. The van der Waals surface area contributed by atoms with Crippen molar-refractivity contribution in [1.82, 2.24) is 4.90 Å². The van der Waals surface area contributed by atoms with Crippen molar-refractivity contribution in [2.75, 3.05) is 13.2 Å². The molecule has 1 unspecified atom stereocenters. The molecule has 98 valence electrons. The van der Waals surface area contributed by atoms with Crippen LogP contribution < -0.4 is 0 Å². The van der Waals surface area contributed by atoms with Gasteiger partial charge in [-0.05, 0) is 37.5 Å². The van der Waals surface area contributed by atoms with Crippen LogP contribution in [0.15, 0.2) is 18.2 Å². The highest BCUT2D eigenvalue weighted by Gasteiger charge is 2.28. The van der Waals surface area contributed by atoms with Crippen LogP contribution in [0.2, 0.25) is 0 Å². The van der Waals surface area contributed by atoms with E-state index in [-0.39, 0.29) is 24.0 Å². The van der Waals surface area contributed by atoms with E-state index in [1.807, 2.05) is 0 Å². The summed E-state index contributed by atoms with van der Waals surface area (Å²) in [4.78, 5) is 13.7. The predicted octanol–water partition coefficient (Wildman–Crippen LogP) is 1.52. The molecule has 2 rings (SSSR count). The van der Waals surface area contributed by atoms with Crippen molar-refractivity contribution in [3.63, 3.8) is 0 Å². The van der Waals surface area contributed by atoms with Crippen LogP contribution in [0, 0.1) is 5.82 Å². The number of rotatable bonds is 2. The van der Waals surface area contributed by atoms with Gasteiger partial charge in [0.25, 0.3) is 5.91 Å². The number of piperidine rings is 1. The number of benzene rings is 1. The van der Waals surface area contributed by atoms with Crippen molar-refractivity contribution in [1.29, 1.82) is 0 Å². The lowest BCUT2D eigenvalue weighted by Crippen LogP contribution is -2.45. The molecule has 1 aromatic rings. The number of hydrogen-bond donors (Lipinski definition) is 2. The molecule has 1 saturated heterocycles. The summed E-state index contributed by atoms with van der Waals surface area (Å²) < 4.78 is 13.1. The van der Waals surface area contributed by atoms with Gasteiger partial charge in [0.05, 0.1) is 18.2 Å². The molecule has 2 N–H and O–H groups in total. The van der Waals surface area contributed by atoms with Crippen molar-refractivity contribution < 1.29 is 19.4 Å². The molecule has 5 heteroatoms. The first-order valence-corrected chi connectivity index (χ1v) is 6.04. The van der Waals surface area contributed by atoms with E-state index in [0.29, 0.717) is 6.54 Å². The Bertz CT molecular complexity index is 450. The number of aliphatic hydroxyl groups is 1. The highest BCUT2D eigenvalue weighted by molar-refractivity contribution is 5.97. The minimum Gasteiger partial charge on any atom is -0.507 e. The molecule has 0 spiro atoms. The molecule has 0 aliphatic carbocycles. The van der Waals surface area contributed by atoms with Crippen molar-refractivity contribution >= 4 is 5.91 Å². The molecular weight excluding hydrogens is 237 g/mol. The van der Waals surface area contributed by atoms with Crippen LogP contribution in [-0.4, -0.2) is 40.2 Å². The lowest BCUT2D eigenvalue weighted by molar-refractivity contribution is 0.0500. The zero-order chi connectivity index (χ0) is 13.1. The Balaban J connectivity index is 2.26. The molecule has 18 heavy (non-hydrogen) atoms. The first kappa shape index (κ1) is 12.8. The second-order valence-corrected chi connectivity index (χ2v) is 4.49. The number of aromatic hydroxyl groups is 1. The van der Waals surface area contributed by atoms with E-state index in [1.165, 1.54) is 11.0 Å². The lowest BCUT2D eigenvalue weighted by atomic mass is 10.0. The van der Waals surface area contributed by atoms with Crippen molar-refractivity contribution in [2.45, 2.75) is 25.3 Å². The molecule has 0 saturated carbocycles. The second-order valence-electron chi connectivity index (χ2n) is 4.49. The van der Waals surface area contributed by atoms with Gasteiger partial charge in [-0.15, -0.1) is 0 Å². The fourth-order valence-corrected chi connectivity index (χ4v) is 2.29. The van der Waals surface area contributed by atoms with Gasteiger partial charge >= 0.3 is 0 Å². The lowest BCUT2D eigenvalue weighted by Gasteiger charge is -2.34.